The van der Waals surface area contributed by atoms with Crippen LogP contribution in [0.15, 0.2) is 28.7 Å². The Morgan fingerprint density at radius 3 is 2.74 bits per heavy atom. The van der Waals surface area contributed by atoms with Gasteiger partial charge in [0.2, 0.25) is 0 Å². The highest BCUT2D eigenvalue weighted by Gasteiger charge is 2.23. The summed E-state index contributed by atoms with van der Waals surface area (Å²) in [5.74, 6) is 1.25. The molecule has 0 atom stereocenters. The molecule has 1 saturated heterocycles. The Morgan fingerprint density at radius 1 is 1.26 bits per heavy atom. The van der Waals surface area contributed by atoms with E-state index in [9.17, 15) is 9.00 Å². The van der Waals surface area contributed by atoms with Crippen molar-refractivity contribution in [2.24, 2.45) is 0 Å². The van der Waals surface area contributed by atoms with Crippen LogP contribution >= 0.6 is 0 Å². The van der Waals surface area contributed by atoms with Gasteiger partial charge in [0.05, 0.1) is 0 Å². The molecule has 0 bridgehead atoms. The van der Waals surface area contributed by atoms with Crippen LogP contribution in [0.1, 0.15) is 10.6 Å². The van der Waals surface area contributed by atoms with Crippen molar-refractivity contribution < 1.29 is 13.4 Å². The number of amides is 1. The summed E-state index contributed by atoms with van der Waals surface area (Å²) in [5, 5.41) is 0.823. The molecule has 2 N–H and O–H groups in total. The topological polar surface area (TPSA) is 76.5 Å². The van der Waals surface area contributed by atoms with Crippen LogP contribution in [0.3, 0.4) is 0 Å². The summed E-state index contributed by atoms with van der Waals surface area (Å²) >= 11 is 0. The van der Waals surface area contributed by atoms with E-state index in [-0.39, 0.29) is 5.91 Å². The largest absolute Gasteiger partial charge is 0.451 e. The van der Waals surface area contributed by atoms with Crippen molar-refractivity contribution in [1.82, 2.24) is 4.90 Å². The minimum Gasteiger partial charge on any atom is -0.451 e. The molecule has 0 unspecified atom stereocenters. The highest BCUT2D eigenvalue weighted by atomic mass is 32.2. The molecule has 1 aliphatic rings. The van der Waals surface area contributed by atoms with Crippen molar-refractivity contribution in [3.63, 3.8) is 0 Å². The van der Waals surface area contributed by atoms with E-state index < -0.39 is 10.8 Å². The maximum atomic E-state index is 12.3. The zero-order chi connectivity index (χ0) is 13.4. The van der Waals surface area contributed by atoms with E-state index in [1.165, 1.54) is 0 Å². The van der Waals surface area contributed by atoms with Crippen molar-refractivity contribution in [1.29, 1.82) is 0 Å². The Hall–Kier alpha value is -1.82. The van der Waals surface area contributed by atoms with Crippen molar-refractivity contribution in [3.8, 4) is 0 Å². The van der Waals surface area contributed by atoms with Crippen LogP contribution in [0.4, 0.5) is 5.69 Å². The smallest absolute Gasteiger partial charge is 0.289 e. The lowest BCUT2D eigenvalue weighted by atomic mass is 10.2. The van der Waals surface area contributed by atoms with E-state index in [1.807, 2.05) is 0 Å². The summed E-state index contributed by atoms with van der Waals surface area (Å²) in [6.07, 6.45) is 0. The lowest BCUT2D eigenvalue weighted by Crippen LogP contribution is -2.41. The summed E-state index contributed by atoms with van der Waals surface area (Å²) in [6, 6.07) is 6.98. The fourth-order valence-corrected chi connectivity index (χ4v) is 3.22. The summed E-state index contributed by atoms with van der Waals surface area (Å²) in [6.45, 7) is 1.04. The minimum absolute atomic E-state index is 0.147. The predicted octanol–water partition coefficient (Wildman–Crippen LogP) is 1.22. The average molecular weight is 278 g/mol. The first-order valence-electron chi connectivity index (χ1n) is 6.07. The predicted molar refractivity (Wildman–Crippen MR) is 74.4 cm³/mol. The number of anilines is 1. The van der Waals surface area contributed by atoms with Gasteiger partial charge in [0, 0.05) is 46.5 Å². The number of nitrogens with two attached hydrogens (primary N) is 1. The van der Waals surface area contributed by atoms with Gasteiger partial charge in [-0.05, 0) is 24.3 Å². The van der Waals surface area contributed by atoms with Gasteiger partial charge in [-0.3, -0.25) is 9.00 Å². The maximum absolute atomic E-state index is 12.3. The first kappa shape index (κ1) is 12.2. The molecule has 100 valence electrons. The van der Waals surface area contributed by atoms with E-state index in [4.69, 9.17) is 10.2 Å². The van der Waals surface area contributed by atoms with Crippen molar-refractivity contribution in [2.75, 3.05) is 30.3 Å². The quantitative estimate of drug-likeness (QED) is 0.796. The van der Waals surface area contributed by atoms with Crippen LogP contribution in [0, 0.1) is 0 Å². The SMILES string of the molecule is Nc1ccc2oc(C(=O)N3CCS(=O)CC3)cc2c1. The first-order valence-corrected chi connectivity index (χ1v) is 7.55. The zero-order valence-electron chi connectivity index (χ0n) is 10.3. The van der Waals surface area contributed by atoms with Gasteiger partial charge in [-0.2, -0.15) is 0 Å². The van der Waals surface area contributed by atoms with E-state index in [2.05, 4.69) is 0 Å². The van der Waals surface area contributed by atoms with Crippen molar-refractivity contribution in [3.05, 3.63) is 30.0 Å². The number of nitrogen functional groups attached to an aromatic ring is 1. The molecule has 1 aromatic heterocycles. The Balaban J connectivity index is 1.87. The third kappa shape index (κ3) is 2.35. The molecule has 19 heavy (non-hydrogen) atoms. The molecule has 3 rings (SSSR count). The number of rotatable bonds is 1. The van der Waals surface area contributed by atoms with E-state index in [0.717, 1.165) is 5.39 Å². The second-order valence-corrected chi connectivity index (χ2v) is 6.24. The van der Waals surface area contributed by atoms with E-state index in [1.54, 1.807) is 29.2 Å². The number of benzene rings is 1. The van der Waals surface area contributed by atoms with Crippen molar-refractivity contribution in [2.45, 2.75) is 0 Å². The van der Waals surface area contributed by atoms with E-state index in [0.29, 0.717) is 41.6 Å². The molecular weight excluding hydrogens is 264 g/mol. The summed E-state index contributed by atoms with van der Waals surface area (Å²) in [5.41, 5.74) is 6.99. The second-order valence-electron chi connectivity index (χ2n) is 4.55. The lowest BCUT2D eigenvalue weighted by molar-refractivity contribution is 0.0742. The molecule has 1 fully saturated rings. The molecule has 1 amide bonds. The first-order chi connectivity index (χ1) is 9.13. The molecule has 2 aromatic rings. The maximum Gasteiger partial charge on any atom is 0.289 e. The summed E-state index contributed by atoms with van der Waals surface area (Å²) in [7, 11) is -0.793. The Morgan fingerprint density at radius 2 is 2.00 bits per heavy atom. The normalized spacial score (nSPS) is 16.9. The second kappa shape index (κ2) is 4.70. The molecule has 0 radical (unpaired) electrons. The minimum atomic E-state index is -0.793. The molecule has 1 aromatic carbocycles. The van der Waals surface area contributed by atoms with Crippen LogP contribution in [0.25, 0.3) is 11.0 Å². The Kier molecular flexibility index (Phi) is 3.02. The van der Waals surface area contributed by atoms with Gasteiger partial charge in [0.25, 0.3) is 5.91 Å². The molecule has 0 spiro atoms. The number of carbonyl (C=O) groups excluding carboxylic acids is 1. The lowest BCUT2D eigenvalue weighted by Gasteiger charge is -2.25. The molecule has 5 nitrogen and oxygen atoms in total. The molecule has 2 heterocycles. The van der Waals surface area contributed by atoms with Gasteiger partial charge in [0.15, 0.2) is 5.76 Å². The van der Waals surface area contributed by atoms with Gasteiger partial charge >= 0.3 is 0 Å². The molecule has 0 aliphatic carbocycles. The van der Waals surface area contributed by atoms with Gasteiger partial charge in [-0.25, -0.2) is 0 Å². The van der Waals surface area contributed by atoms with Crippen LogP contribution in [-0.4, -0.2) is 39.6 Å². The number of hydrogen-bond acceptors (Lipinski definition) is 4. The highest BCUT2D eigenvalue weighted by Crippen LogP contribution is 2.23. The summed E-state index contributed by atoms with van der Waals surface area (Å²) in [4.78, 5) is 13.9. The molecule has 6 heteroatoms. The molecular formula is C13H14N2O3S. The number of nitrogens with zero attached hydrogens (tertiary/aromatic N) is 1. The highest BCUT2D eigenvalue weighted by molar-refractivity contribution is 7.85. The Labute approximate surface area is 112 Å². The van der Waals surface area contributed by atoms with Gasteiger partial charge in [0.1, 0.15) is 5.58 Å². The van der Waals surface area contributed by atoms with Gasteiger partial charge < -0.3 is 15.1 Å². The van der Waals surface area contributed by atoms with Crippen LogP contribution in [-0.2, 0) is 10.8 Å². The number of fused-ring (bicyclic) bond motifs is 1. The summed E-state index contributed by atoms with van der Waals surface area (Å²) < 4.78 is 16.8. The van der Waals surface area contributed by atoms with Gasteiger partial charge in [-0.15, -0.1) is 0 Å². The van der Waals surface area contributed by atoms with Crippen LogP contribution in [0.2, 0.25) is 0 Å². The average Bonchev–Trinajstić information content (AvgIpc) is 2.81. The van der Waals surface area contributed by atoms with Gasteiger partial charge in [-0.1, -0.05) is 0 Å². The van der Waals surface area contributed by atoms with Crippen molar-refractivity contribution >= 4 is 33.4 Å². The molecule has 1 aliphatic heterocycles. The number of furan rings is 1. The standard InChI is InChI=1S/C13H14N2O3S/c14-10-1-2-11-9(7-10)8-12(18-11)13(16)15-3-5-19(17)6-4-15/h1-2,7-8H,3-6,14H2. The third-order valence-electron chi connectivity index (χ3n) is 3.22. The van der Waals surface area contributed by atoms with Crippen LogP contribution < -0.4 is 5.73 Å². The third-order valence-corrected chi connectivity index (χ3v) is 4.49. The van der Waals surface area contributed by atoms with Crippen LogP contribution in [0.5, 0.6) is 0 Å². The Bertz CT molecular complexity index is 655. The monoisotopic (exact) mass is 278 g/mol. The fourth-order valence-electron chi connectivity index (χ4n) is 2.16. The number of carbonyl (C=O) groups is 1. The number of hydrogen-bond donors (Lipinski definition) is 1. The molecule has 0 saturated carbocycles. The zero-order valence-corrected chi connectivity index (χ0v) is 11.1. The van der Waals surface area contributed by atoms with E-state index >= 15 is 0 Å². The fraction of sp³-hybridized carbons (Fsp3) is 0.308.